The van der Waals surface area contributed by atoms with E-state index in [1.165, 1.54) is 0 Å². The molecule has 0 radical (unpaired) electrons. The van der Waals surface area contributed by atoms with Crippen molar-refractivity contribution < 1.29 is 9.47 Å². The summed E-state index contributed by atoms with van der Waals surface area (Å²) < 4.78 is 10.9. The molecule has 0 amide bonds. The van der Waals surface area contributed by atoms with Gasteiger partial charge in [0.05, 0.1) is 13.7 Å². The zero-order chi connectivity index (χ0) is 19.5. The van der Waals surface area contributed by atoms with Gasteiger partial charge in [0.25, 0.3) is 0 Å². The third kappa shape index (κ3) is 7.12. The van der Waals surface area contributed by atoms with Gasteiger partial charge in [0.2, 0.25) is 0 Å². The fourth-order valence-electron chi connectivity index (χ4n) is 2.92. The van der Waals surface area contributed by atoms with E-state index in [4.69, 9.17) is 9.47 Å². The predicted molar refractivity (Wildman–Crippen MR) is 111 cm³/mol. The maximum absolute atomic E-state index is 5.55. The first-order valence-electron chi connectivity index (χ1n) is 9.47. The van der Waals surface area contributed by atoms with Crippen molar-refractivity contribution in [3.63, 3.8) is 0 Å². The second kappa shape index (κ2) is 11.6. The molecule has 0 bridgehead atoms. The molecule has 0 spiro atoms. The molecule has 0 aliphatic heterocycles. The van der Waals surface area contributed by atoms with Crippen LogP contribution in [0.25, 0.3) is 0 Å². The lowest BCUT2D eigenvalue weighted by molar-refractivity contribution is 0.173. The van der Waals surface area contributed by atoms with Crippen LogP contribution in [0, 0.1) is 0 Å². The Morgan fingerprint density at radius 2 is 1.85 bits per heavy atom. The summed E-state index contributed by atoms with van der Waals surface area (Å²) >= 11 is 0. The average molecular weight is 365 g/mol. The minimum absolute atomic E-state index is 0.559. The van der Waals surface area contributed by atoms with Gasteiger partial charge in [0.1, 0.15) is 0 Å². The van der Waals surface area contributed by atoms with Crippen LogP contribution in [0.4, 0.5) is 5.69 Å². The van der Waals surface area contributed by atoms with Crippen LogP contribution < -0.4 is 20.1 Å². The number of hydrogen-bond acceptors (Lipinski definition) is 4. The molecule has 148 valence electrons. The molecule has 1 aromatic carbocycles. The quantitative estimate of drug-likeness (QED) is 0.377. The summed E-state index contributed by atoms with van der Waals surface area (Å²) in [5.41, 5.74) is 0.907. The van der Waals surface area contributed by atoms with Gasteiger partial charge in [-0.15, -0.1) is 0 Å². The first-order valence-corrected chi connectivity index (χ1v) is 9.47. The maximum Gasteiger partial charge on any atom is 0.195 e. The van der Waals surface area contributed by atoms with Crippen molar-refractivity contribution >= 4 is 11.6 Å². The van der Waals surface area contributed by atoms with Gasteiger partial charge >= 0.3 is 0 Å². The number of nitrogens with one attached hydrogen (secondary N) is 2. The Balaban J connectivity index is 2.55. The van der Waals surface area contributed by atoms with Crippen LogP contribution >= 0.6 is 0 Å². The van der Waals surface area contributed by atoms with Crippen LogP contribution in [0.1, 0.15) is 41.0 Å². The largest absolute Gasteiger partial charge is 0.493 e. The number of hydrogen-bond donors (Lipinski definition) is 2. The Bertz CT molecular complexity index is 551. The lowest BCUT2D eigenvalue weighted by Crippen LogP contribution is -2.39. The van der Waals surface area contributed by atoms with E-state index in [0.29, 0.717) is 24.4 Å². The van der Waals surface area contributed by atoms with E-state index in [-0.39, 0.29) is 0 Å². The van der Waals surface area contributed by atoms with Crippen LogP contribution in [0.15, 0.2) is 23.2 Å². The predicted octanol–water partition coefficient (Wildman–Crippen LogP) is 3.59. The van der Waals surface area contributed by atoms with E-state index in [2.05, 4.69) is 48.2 Å². The van der Waals surface area contributed by atoms with Crippen LogP contribution in [-0.4, -0.2) is 56.8 Å². The van der Waals surface area contributed by atoms with Crippen molar-refractivity contribution in [1.82, 2.24) is 10.2 Å². The SMILES string of the molecule is CCOc1ccc(NC(=NC)NCCCN(C(C)C)C(C)C)cc1OC. The standard InChI is InChI=1S/C20H36N4O2/c1-8-26-18-11-10-17(14-19(18)25-7)23-20(21-6)22-12-9-13-24(15(2)3)16(4)5/h10-11,14-16H,8-9,12-13H2,1-7H3,(H2,21,22,23). The van der Waals surface area contributed by atoms with Crippen LogP contribution in [0.3, 0.4) is 0 Å². The van der Waals surface area contributed by atoms with E-state index in [0.717, 1.165) is 36.9 Å². The molecule has 0 aliphatic carbocycles. The molecule has 26 heavy (non-hydrogen) atoms. The highest BCUT2D eigenvalue weighted by molar-refractivity contribution is 5.93. The lowest BCUT2D eigenvalue weighted by atomic mass is 10.2. The highest BCUT2D eigenvalue weighted by Crippen LogP contribution is 2.30. The van der Waals surface area contributed by atoms with Gasteiger partial charge in [0, 0.05) is 44.0 Å². The van der Waals surface area contributed by atoms with Crippen molar-refractivity contribution in [2.75, 3.05) is 39.2 Å². The molecular weight excluding hydrogens is 328 g/mol. The highest BCUT2D eigenvalue weighted by atomic mass is 16.5. The second-order valence-electron chi connectivity index (χ2n) is 6.70. The Morgan fingerprint density at radius 3 is 2.38 bits per heavy atom. The fourth-order valence-corrected chi connectivity index (χ4v) is 2.92. The number of benzene rings is 1. The minimum Gasteiger partial charge on any atom is -0.493 e. The third-order valence-electron chi connectivity index (χ3n) is 4.16. The second-order valence-corrected chi connectivity index (χ2v) is 6.70. The number of guanidine groups is 1. The normalized spacial score (nSPS) is 12.0. The van der Waals surface area contributed by atoms with Gasteiger partial charge in [-0.2, -0.15) is 0 Å². The van der Waals surface area contributed by atoms with Crippen LogP contribution in [-0.2, 0) is 0 Å². The zero-order valence-corrected chi connectivity index (χ0v) is 17.4. The Morgan fingerprint density at radius 1 is 1.15 bits per heavy atom. The van der Waals surface area contributed by atoms with Gasteiger partial charge < -0.3 is 20.1 Å². The number of methoxy groups -OCH3 is 1. The molecule has 0 atom stereocenters. The molecule has 0 aromatic heterocycles. The maximum atomic E-state index is 5.55. The van der Waals surface area contributed by atoms with Gasteiger partial charge in [-0.05, 0) is 53.2 Å². The summed E-state index contributed by atoms with van der Waals surface area (Å²) in [5, 5.41) is 6.66. The van der Waals surface area contributed by atoms with Crippen LogP contribution in [0.2, 0.25) is 0 Å². The van der Waals surface area contributed by atoms with Gasteiger partial charge in [-0.25, -0.2) is 0 Å². The number of aliphatic imine (C=N–C) groups is 1. The molecule has 0 saturated heterocycles. The van der Waals surface area contributed by atoms with Gasteiger partial charge in [-0.1, -0.05) is 0 Å². The molecule has 2 N–H and O–H groups in total. The highest BCUT2D eigenvalue weighted by Gasteiger charge is 2.12. The van der Waals surface area contributed by atoms with Crippen molar-refractivity contribution in [1.29, 1.82) is 0 Å². The molecular formula is C20H36N4O2. The molecule has 0 aliphatic rings. The summed E-state index contributed by atoms with van der Waals surface area (Å²) in [6.45, 7) is 13.5. The van der Waals surface area contributed by atoms with E-state index in [1.54, 1.807) is 14.2 Å². The Labute approximate surface area is 159 Å². The molecule has 1 aromatic rings. The van der Waals surface area contributed by atoms with Crippen molar-refractivity contribution in [3.8, 4) is 11.5 Å². The van der Waals surface area contributed by atoms with E-state index >= 15 is 0 Å². The van der Waals surface area contributed by atoms with E-state index in [1.807, 2.05) is 25.1 Å². The zero-order valence-electron chi connectivity index (χ0n) is 17.4. The summed E-state index contributed by atoms with van der Waals surface area (Å²) in [7, 11) is 3.42. The Hall–Kier alpha value is -1.95. The number of rotatable bonds is 10. The molecule has 0 fully saturated rings. The number of ether oxygens (including phenoxy) is 2. The first-order chi connectivity index (χ1) is 12.4. The molecule has 1 rings (SSSR count). The summed E-state index contributed by atoms with van der Waals surface area (Å²) in [4.78, 5) is 6.79. The molecule has 0 saturated carbocycles. The topological polar surface area (TPSA) is 58.1 Å². The molecule has 6 heteroatoms. The number of anilines is 1. The molecule has 0 heterocycles. The number of nitrogens with zero attached hydrogens (tertiary/aromatic N) is 2. The van der Waals surface area contributed by atoms with Crippen molar-refractivity contribution in [3.05, 3.63) is 18.2 Å². The van der Waals surface area contributed by atoms with Gasteiger partial charge in [-0.3, -0.25) is 9.89 Å². The minimum atomic E-state index is 0.559. The van der Waals surface area contributed by atoms with E-state index in [9.17, 15) is 0 Å². The van der Waals surface area contributed by atoms with Crippen molar-refractivity contribution in [2.24, 2.45) is 4.99 Å². The fraction of sp³-hybridized carbons (Fsp3) is 0.650. The lowest BCUT2D eigenvalue weighted by Gasteiger charge is -2.30. The summed E-state index contributed by atoms with van der Waals surface area (Å²) in [6.07, 6.45) is 1.06. The Kier molecular flexibility index (Phi) is 9.88. The third-order valence-corrected chi connectivity index (χ3v) is 4.16. The molecule has 0 unspecified atom stereocenters. The molecule has 6 nitrogen and oxygen atoms in total. The van der Waals surface area contributed by atoms with Gasteiger partial charge in [0.15, 0.2) is 17.5 Å². The van der Waals surface area contributed by atoms with Crippen LogP contribution in [0.5, 0.6) is 11.5 Å². The summed E-state index contributed by atoms with van der Waals surface area (Å²) in [5.74, 6) is 2.19. The van der Waals surface area contributed by atoms with E-state index < -0.39 is 0 Å². The smallest absolute Gasteiger partial charge is 0.195 e. The van der Waals surface area contributed by atoms with Crippen molar-refractivity contribution in [2.45, 2.75) is 53.1 Å². The summed E-state index contributed by atoms with van der Waals surface area (Å²) in [6, 6.07) is 6.89. The first kappa shape index (κ1) is 22.1. The average Bonchev–Trinajstić information content (AvgIpc) is 2.61. The monoisotopic (exact) mass is 364 g/mol.